The highest BCUT2D eigenvalue weighted by molar-refractivity contribution is 5.26. The largest absolute Gasteiger partial charge is 0.313 e. The summed E-state index contributed by atoms with van der Waals surface area (Å²) in [5, 5.41) is 3.44. The van der Waals surface area contributed by atoms with Gasteiger partial charge in [0.2, 0.25) is 0 Å². The summed E-state index contributed by atoms with van der Waals surface area (Å²) in [6, 6.07) is 4.86. The van der Waals surface area contributed by atoms with Crippen molar-refractivity contribution in [2.24, 2.45) is 5.92 Å². The Hall–Kier alpha value is -0.890. The van der Waals surface area contributed by atoms with Crippen LogP contribution in [-0.4, -0.2) is 12.0 Å². The van der Waals surface area contributed by atoms with Crippen molar-refractivity contribution in [3.05, 3.63) is 29.1 Å². The van der Waals surface area contributed by atoms with Gasteiger partial charge in [-0.25, -0.2) is 0 Å². The summed E-state index contributed by atoms with van der Waals surface area (Å²) >= 11 is 0. The lowest BCUT2D eigenvalue weighted by Crippen LogP contribution is -2.30. The van der Waals surface area contributed by atoms with Crippen LogP contribution in [0.2, 0.25) is 0 Å². The number of aryl methyl sites for hydroxylation is 2. The normalized spacial score (nSPS) is 18.6. The summed E-state index contributed by atoms with van der Waals surface area (Å²) in [5.41, 5.74) is 3.67. The summed E-state index contributed by atoms with van der Waals surface area (Å²) in [7, 11) is 2.06. The average Bonchev–Trinajstić information content (AvgIpc) is 2.12. The standard InChI is InChI=1S/C13H20N2/c1-9-7-8-12(10(2)15-9)13(14-3)11-5-4-6-11/h7-8,11,13-14H,4-6H2,1-3H3. The topological polar surface area (TPSA) is 24.9 Å². The molecule has 1 aromatic heterocycles. The van der Waals surface area contributed by atoms with E-state index in [0.29, 0.717) is 6.04 Å². The van der Waals surface area contributed by atoms with Crippen molar-refractivity contribution in [3.8, 4) is 0 Å². The molecule has 0 spiro atoms. The van der Waals surface area contributed by atoms with E-state index in [2.05, 4.69) is 43.3 Å². The van der Waals surface area contributed by atoms with Crippen LogP contribution in [0.15, 0.2) is 12.1 Å². The fourth-order valence-electron chi connectivity index (χ4n) is 2.44. The van der Waals surface area contributed by atoms with Gasteiger partial charge >= 0.3 is 0 Å². The van der Waals surface area contributed by atoms with Crippen LogP contribution in [0.25, 0.3) is 0 Å². The molecule has 1 heterocycles. The first-order valence-electron chi connectivity index (χ1n) is 5.84. The minimum Gasteiger partial charge on any atom is -0.313 e. The molecule has 0 aromatic carbocycles. The van der Waals surface area contributed by atoms with Crippen molar-refractivity contribution in [1.29, 1.82) is 0 Å². The lowest BCUT2D eigenvalue weighted by molar-refractivity contribution is 0.238. The van der Waals surface area contributed by atoms with E-state index < -0.39 is 0 Å². The van der Waals surface area contributed by atoms with Gasteiger partial charge in [-0.05, 0) is 51.3 Å². The van der Waals surface area contributed by atoms with Gasteiger partial charge in [-0.1, -0.05) is 12.5 Å². The Kier molecular flexibility index (Phi) is 3.06. The Morgan fingerprint density at radius 3 is 2.53 bits per heavy atom. The fraction of sp³-hybridized carbons (Fsp3) is 0.615. The molecule has 2 rings (SSSR count). The van der Waals surface area contributed by atoms with Gasteiger partial charge in [0, 0.05) is 17.4 Å². The van der Waals surface area contributed by atoms with E-state index in [1.165, 1.54) is 30.5 Å². The Morgan fingerprint density at radius 1 is 1.33 bits per heavy atom. The second kappa shape index (κ2) is 4.31. The third kappa shape index (κ3) is 2.05. The highest BCUT2D eigenvalue weighted by atomic mass is 14.9. The van der Waals surface area contributed by atoms with Gasteiger partial charge in [-0.15, -0.1) is 0 Å². The van der Waals surface area contributed by atoms with E-state index >= 15 is 0 Å². The molecule has 0 saturated heterocycles. The van der Waals surface area contributed by atoms with Gasteiger partial charge in [-0.3, -0.25) is 4.98 Å². The lowest BCUT2D eigenvalue weighted by Gasteiger charge is -2.34. The fourth-order valence-corrected chi connectivity index (χ4v) is 2.44. The van der Waals surface area contributed by atoms with Gasteiger partial charge in [0.25, 0.3) is 0 Å². The summed E-state index contributed by atoms with van der Waals surface area (Å²) in [5.74, 6) is 0.818. The van der Waals surface area contributed by atoms with Gasteiger partial charge in [-0.2, -0.15) is 0 Å². The Balaban J connectivity index is 2.25. The molecule has 0 aliphatic heterocycles. The summed E-state index contributed by atoms with van der Waals surface area (Å²) in [6.07, 6.45) is 4.11. The molecule has 0 amide bonds. The SMILES string of the molecule is CNC(c1ccc(C)nc1C)C1CCC1. The van der Waals surface area contributed by atoms with E-state index in [9.17, 15) is 0 Å². The van der Waals surface area contributed by atoms with Crippen molar-refractivity contribution in [2.75, 3.05) is 7.05 Å². The number of pyridine rings is 1. The second-order valence-electron chi connectivity index (χ2n) is 4.58. The van der Waals surface area contributed by atoms with E-state index in [4.69, 9.17) is 0 Å². The quantitative estimate of drug-likeness (QED) is 0.819. The zero-order chi connectivity index (χ0) is 10.8. The van der Waals surface area contributed by atoms with E-state index in [0.717, 1.165) is 11.6 Å². The van der Waals surface area contributed by atoms with Crippen LogP contribution in [0.1, 0.15) is 42.3 Å². The molecule has 2 heteroatoms. The molecule has 1 N–H and O–H groups in total. The summed E-state index contributed by atoms with van der Waals surface area (Å²) in [4.78, 5) is 4.54. The van der Waals surface area contributed by atoms with Gasteiger partial charge in [0.1, 0.15) is 0 Å². The molecule has 1 aromatic rings. The van der Waals surface area contributed by atoms with Crippen LogP contribution in [0.3, 0.4) is 0 Å². The van der Waals surface area contributed by atoms with Crippen LogP contribution in [0, 0.1) is 19.8 Å². The van der Waals surface area contributed by atoms with Gasteiger partial charge in [0.05, 0.1) is 0 Å². The molecule has 1 atom stereocenters. The molecule has 1 saturated carbocycles. The maximum absolute atomic E-state index is 4.54. The third-order valence-corrected chi connectivity index (χ3v) is 3.53. The van der Waals surface area contributed by atoms with Gasteiger partial charge < -0.3 is 5.32 Å². The number of hydrogen-bond donors (Lipinski definition) is 1. The van der Waals surface area contributed by atoms with Crippen LogP contribution in [-0.2, 0) is 0 Å². The predicted octanol–water partition coefficient (Wildman–Crippen LogP) is 2.76. The van der Waals surface area contributed by atoms with Crippen LogP contribution < -0.4 is 5.32 Å². The Bertz CT molecular complexity index is 342. The summed E-state index contributed by atoms with van der Waals surface area (Å²) < 4.78 is 0. The first-order valence-corrected chi connectivity index (χ1v) is 5.84. The minimum atomic E-state index is 0.506. The number of rotatable bonds is 3. The molecular formula is C13H20N2. The Morgan fingerprint density at radius 2 is 2.07 bits per heavy atom. The van der Waals surface area contributed by atoms with Crippen molar-refractivity contribution >= 4 is 0 Å². The monoisotopic (exact) mass is 204 g/mol. The minimum absolute atomic E-state index is 0.506. The Labute approximate surface area is 92.1 Å². The number of aromatic nitrogens is 1. The van der Waals surface area contributed by atoms with Crippen LogP contribution in [0.4, 0.5) is 0 Å². The van der Waals surface area contributed by atoms with Crippen molar-refractivity contribution in [3.63, 3.8) is 0 Å². The predicted molar refractivity (Wildman–Crippen MR) is 62.9 cm³/mol. The zero-order valence-electron chi connectivity index (χ0n) is 9.88. The smallest absolute Gasteiger partial charge is 0.0423 e. The average molecular weight is 204 g/mol. The molecule has 1 unspecified atom stereocenters. The molecule has 0 radical (unpaired) electrons. The molecule has 1 fully saturated rings. The molecule has 1 aliphatic carbocycles. The van der Waals surface area contributed by atoms with E-state index in [1.54, 1.807) is 0 Å². The second-order valence-corrected chi connectivity index (χ2v) is 4.58. The van der Waals surface area contributed by atoms with Crippen LogP contribution >= 0.6 is 0 Å². The molecule has 2 nitrogen and oxygen atoms in total. The molecule has 15 heavy (non-hydrogen) atoms. The number of nitrogens with zero attached hydrogens (tertiary/aromatic N) is 1. The number of hydrogen-bond acceptors (Lipinski definition) is 2. The maximum atomic E-state index is 4.54. The van der Waals surface area contributed by atoms with Crippen molar-refractivity contribution in [1.82, 2.24) is 10.3 Å². The molecular weight excluding hydrogens is 184 g/mol. The van der Waals surface area contributed by atoms with E-state index in [1.807, 2.05) is 0 Å². The first-order chi connectivity index (χ1) is 7.22. The third-order valence-electron chi connectivity index (χ3n) is 3.53. The molecule has 0 bridgehead atoms. The van der Waals surface area contributed by atoms with Crippen molar-refractivity contribution < 1.29 is 0 Å². The van der Waals surface area contributed by atoms with E-state index in [-0.39, 0.29) is 0 Å². The first kappa shape index (κ1) is 10.6. The van der Waals surface area contributed by atoms with Crippen molar-refractivity contribution in [2.45, 2.75) is 39.2 Å². The highest BCUT2D eigenvalue weighted by Crippen LogP contribution is 2.38. The molecule has 82 valence electrons. The zero-order valence-corrected chi connectivity index (χ0v) is 9.88. The molecule has 1 aliphatic rings. The van der Waals surface area contributed by atoms with Crippen LogP contribution in [0.5, 0.6) is 0 Å². The highest BCUT2D eigenvalue weighted by Gasteiger charge is 2.28. The lowest BCUT2D eigenvalue weighted by atomic mass is 9.77. The summed E-state index contributed by atoms with van der Waals surface area (Å²) in [6.45, 7) is 4.17. The van der Waals surface area contributed by atoms with Gasteiger partial charge in [0.15, 0.2) is 0 Å². The number of nitrogens with one attached hydrogen (secondary N) is 1. The maximum Gasteiger partial charge on any atom is 0.0423 e.